The Balaban J connectivity index is 2.00. The molecule has 1 nitrogen and oxygen atoms in total. The first-order valence-corrected chi connectivity index (χ1v) is 7.23. The minimum absolute atomic E-state index is 0.127. The Bertz CT molecular complexity index is 624. The molecular formula is C16H14BrFO. The normalized spacial score (nSPS) is 14.9. The number of alkyl halides is 1. The van der Waals surface area contributed by atoms with Crippen molar-refractivity contribution in [2.45, 2.75) is 18.2 Å². The molecule has 0 fully saturated rings. The van der Waals surface area contributed by atoms with Gasteiger partial charge in [-0.3, -0.25) is 0 Å². The van der Waals surface area contributed by atoms with Crippen LogP contribution in [0, 0.1) is 12.7 Å². The van der Waals surface area contributed by atoms with Crippen LogP contribution >= 0.6 is 15.9 Å². The number of halogens is 2. The maximum absolute atomic E-state index is 14.2. The van der Waals surface area contributed by atoms with Crippen molar-refractivity contribution in [3.8, 4) is 5.75 Å². The minimum atomic E-state index is -0.138. The summed E-state index contributed by atoms with van der Waals surface area (Å²) in [4.78, 5) is -0.127. The Morgan fingerprint density at radius 1 is 1.26 bits per heavy atom. The maximum Gasteiger partial charge on any atom is 0.130 e. The van der Waals surface area contributed by atoms with Crippen LogP contribution in [0.2, 0.25) is 0 Å². The van der Waals surface area contributed by atoms with Gasteiger partial charge in [0.2, 0.25) is 0 Å². The van der Waals surface area contributed by atoms with E-state index in [9.17, 15) is 4.39 Å². The van der Waals surface area contributed by atoms with Crippen molar-refractivity contribution in [1.29, 1.82) is 0 Å². The fourth-order valence-electron chi connectivity index (χ4n) is 2.41. The second-order valence-electron chi connectivity index (χ2n) is 4.81. The van der Waals surface area contributed by atoms with E-state index in [2.05, 4.69) is 22.0 Å². The summed E-state index contributed by atoms with van der Waals surface area (Å²) in [5, 5.41) is 0. The Kier molecular flexibility index (Phi) is 3.31. The lowest BCUT2D eigenvalue weighted by atomic mass is 10.00. The van der Waals surface area contributed by atoms with Crippen LogP contribution < -0.4 is 4.74 Å². The molecule has 1 unspecified atom stereocenters. The Morgan fingerprint density at radius 3 is 2.95 bits per heavy atom. The molecule has 3 heteroatoms. The number of ether oxygens (including phenoxy) is 1. The largest absolute Gasteiger partial charge is 0.493 e. The molecular weight excluding hydrogens is 307 g/mol. The summed E-state index contributed by atoms with van der Waals surface area (Å²) in [6, 6.07) is 11.6. The fourth-order valence-corrected chi connectivity index (χ4v) is 3.05. The summed E-state index contributed by atoms with van der Waals surface area (Å²) in [6.45, 7) is 2.53. The molecule has 1 atom stereocenters. The Hall–Kier alpha value is -1.35. The molecule has 1 aliphatic rings. The van der Waals surface area contributed by atoms with Gasteiger partial charge in [0, 0.05) is 12.0 Å². The molecule has 1 aliphatic heterocycles. The van der Waals surface area contributed by atoms with Gasteiger partial charge in [0.15, 0.2) is 0 Å². The van der Waals surface area contributed by atoms with Crippen LogP contribution in [0.4, 0.5) is 4.39 Å². The molecule has 0 radical (unpaired) electrons. The van der Waals surface area contributed by atoms with E-state index >= 15 is 0 Å². The SMILES string of the molecule is Cc1cccc(C(Br)c2ccc3c(c2)CCO3)c1F. The fraction of sp³-hybridized carbons (Fsp3) is 0.250. The van der Waals surface area contributed by atoms with E-state index in [1.807, 2.05) is 24.3 Å². The zero-order valence-corrected chi connectivity index (χ0v) is 12.2. The molecule has 0 N–H and O–H groups in total. The Labute approximate surface area is 120 Å². The van der Waals surface area contributed by atoms with E-state index in [-0.39, 0.29) is 10.6 Å². The quantitative estimate of drug-likeness (QED) is 0.737. The molecule has 2 aromatic carbocycles. The number of hydrogen-bond donors (Lipinski definition) is 0. The van der Waals surface area contributed by atoms with Crippen LogP contribution in [0.3, 0.4) is 0 Å². The van der Waals surface area contributed by atoms with Crippen LogP contribution in [0.25, 0.3) is 0 Å². The molecule has 19 heavy (non-hydrogen) atoms. The highest BCUT2D eigenvalue weighted by Crippen LogP contribution is 2.36. The zero-order valence-electron chi connectivity index (χ0n) is 10.6. The number of fused-ring (bicyclic) bond motifs is 1. The van der Waals surface area contributed by atoms with Gasteiger partial charge >= 0.3 is 0 Å². The van der Waals surface area contributed by atoms with E-state index < -0.39 is 0 Å². The van der Waals surface area contributed by atoms with Gasteiger partial charge in [0.25, 0.3) is 0 Å². The van der Waals surface area contributed by atoms with E-state index in [4.69, 9.17) is 4.74 Å². The number of benzene rings is 2. The van der Waals surface area contributed by atoms with Crippen molar-refractivity contribution in [2.75, 3.05) is 6.61 Å². The molecule has 0 aromatic heterocycles. The summed E-state index contributed by atoms with van der Waals surface area (Å²) in [5.41, 5.74) is 3.62. The first-order chi connectivity index (χ1) is 9.16. The molecule has 0 aliphatic carbocycles. The predicted octanol–water partition coefficient (Wildman–Crippen LogP) is 4.55. The van der Waals surface area contributed by atoms with Crippen LogP contribution in [0.15, 0.2) is 36.4 Å². The molecule has 0 saturated heterocycles. The summed E-state index contributed by atoms with van der Waals surface area (Å²) in [7, 11) is 0. The van der Waals surface area contributed by atoms with Crippen molar-refractivity contribution >= 4 is 15.9 Å². The van der Waals surface area contributed by atoms with Crippen LogP contribution in [-0.2, 0) is 6.42 Å². The lowest BCUT2D eigenvalue weighted by molar-refractivity contribution is 0.357. The van der Waals surface area contributed by atoms with Crippen LogP contribution in [0.5, 0.6) is 5.75 Å². The monoisotopic (exact) mass is 320 g/mol. The van der Waals surface area contributed by atoms with Gasteiger partial charge in [-0.05, 0) is 29.7 Å². The summed E-state index contributed by atoms with van der Waals surface area (Å²) < 4.78 is 19.6. The van der Waals surface area contributed by atoms with Gasteiger partial charge in [0.05, 0.1) is 11.4 Å². The van der Waals surface area contributed by atoms with E-state index in [0.29, 0.717) is 11.1 Å². The average molecular weight is 321 g/mol. The Morgan fingerprint density at radius 2 is 2.11 bits per heavy atom. The second-order valence-corrected chi connectivity index (χ2v) is 5.72. The number of hydrogen-bond acceptors (Lipinski definition) is 1. The second kappa shape index (κ2) is 4.97. The third-order valence-corrected chi connectivity index (χ3v) is 4.52. The van der Waals surface area contributed by atoms with Gasteiger partial charge in [-0.2, -0.15) is 0 Å². The summed E-state index contributed by atoms with van der Waals surface area (Å²) >= 11 is 3.61. The van der Waals surface area contributed by atoms with E-state index in [0.717, 1.165) is 24.3 Å². The molecule has 0 saturated carbocycles. The predicted molar refractivity (Wildman–Crippen MR) is 77.5 cm³/mol. The highest BCUT2D eigenvalue weighted by atomic mass is 79.9. The van der Waals surface area contributed by atoms with Gasteiger partial charge in [-0.15, -0.1) is 0 Å². The molecule has 1 heterocycles. The zero-order chi connectivity index (χ0) is 13.4. The average Bonchev–Trinajstić information content (AvgIpc) is 2.88. The van der Waals surface area contributed by atoms with Crippen LogP contribution in [0.1, 0.15) is 27.1 Å². The van der Waals surface area contributed by atoms with Crippen molar-refractivity contribution in [3.05, 3.63) is 64.5 Å². The topological polar surface area (TPSA) is 9.23 Å². The lowest BCUT2D eigenvalue weighted by Gasteiger charge is -2.14. The van der Waals surface area contributed by atoms with E-state index in [1.165, 1.54) is 5.56 Å². The smallest absolute Gasteiger partial charge is 0.130 e. The molecule has 0 amide bonds. The van der Waals surface area contributed by atoms with Gasteiger partial charge in [-0.1, -0.05) is 46.3 Å². The molecule has 3 rings (SSSR count). The molecule has 2 aromatic rings. The van der Waals surface area contributed by atoms with Crippen molar-refractivity contribution in [3.63, 3.8) is 0 Å². The third-order valence-electron chi connectivity index (χ3n) is 3.50. The first-order valence-electron chi connectivity index (χ1n) is 6.31. The van der Waals surface area contributed by atoms with Crippen LogP contribution in [-0.4, -0.2) is 6.61 Å². The van der Waals surface area contributed by atoms with Crippen molar-refractivity contribution in [2.24, 2.45) is 0 Å². The standard InChI is InChI=1S/C16H14BrFO/c1-10-3-2-4-13(16(10)18)15(17)12-5-6-14-11(9-12)7-8-19-14/h2-6,9,15H,7-8H2,1H3. The number of rotatable bonds is 2. The van der Waals surface area contributed by atoms with E-state index in [1.54, 1.807) is 13.0 Å². The molecule has 0 bridgehead atoms. The lowest BCUT2D eigenvalue weighted by Crippen LogP contribution is -1.99. The first kappa shape index (κ1) is 12.7. The van der Waals surface area contributed by atoms with Crippen molar-refractivity contribution in [1.82, 2.24) is 0 Å². The van der Waals surface area contributed by atoms with Gasteiger partial charge < -0.3 is 4.74 Å². The van der Waals surface area contributed by atoms with Gasteiger partial charge in [-0.25, -0.2) is 4.39 Å². The third kappa shape index (κ3) is 2.27. The van der Waals surface area contributed by atoms with Crippen molar-refractivity contribution < 1.29 is 9.13 Å². The minimum Gasteiger partial charge on any atom is -0.493 e. The maximum atomic E-state index is 14.2. The summed E-state index contributed by atoms with van der Waals surface area (Å²) in [5.74, 6) is 0.814. The molecule has 0 spiro atoms. The van der Waals surface area contributed by atoms with Gasteiger partial charge in [0.1, 0.15) is 11.6 Å². The highest BCUT2D eigenvalue weighted by Gasteiger charge is 2.19. The highest BCUT2D eigenvalue weighted by molar-refractivity contribution is 9.09. The summed E-state index contributed by atoms with van der Waals surface area (Å²) in [6.07, 6.45) is 0.930. The number of aryl methyl sites for hydroxylation is 1. The molecule has 98 valence electrons.